The summed E-state index contributed by atoms with van der Waals surface area (Å²) in [6.07, 6.45) is 11.9. The quantitative estimate of drug-likeness (QED) is 0.302. The number of carbonyl (C=O) groups excluding carboxylic acids is 1. The maximum absolute atomic E-state index is 12.4. The van der Waals surface area contributed by atoms with Gasteiger partial charge in [0.25, 0.3) is 0 Å². The maximum atomic E-state index is 12.4. The molecule has 7 nitrogen and oxygen atoms in total. The van der Waals surface area contributed by atoms with Crippen LogP contribution in [-0.2, 0) is 14.8 Å². The third-order valence-electron chi connectivity index (χ3n) is 13.2. The van der Waals surface area contributed by atoms with Gasteiger partial charge in [-0.1, -0.05) is 47.0 Å². The fourth-order valence-electron chi connectivity index (χ4n) is 11.1. The van der Waals surface area contributed by atoms with Gasteiger partial charge in [0.2, 0.25) is 10.0 Å². The van der Waals surface area contributed by atoms with E-state index in [-0.39, 0.29) is 35.6 Å². The van der Waals surface area contributed by atoms with Crippen LogP contribution in [0.15, 0.2) is 0 Å². The lowest BCUT2D eigenvalue weighted by Crippen LogP contribution is -2.62. The number of hydrogen-bond acceptors (Lipinski definition) is 6. The van der Waals surface area contributed by atoms with E-state index in [4.69, 9.17) is 4.74 Å². The van der Waals surface area contributed by atoms with Gasteiger partial charge in [0, 0.05) is 0 Å². The normalized spacial score (nSPS) is 44.4. The van der Waals surface area contributed by atoms with E-state index in [9.17, 15) is 23.4 Å². The van der Waals surface area contributed by atoms with Crippen LogP contribution < -0.4 is 4.72 Å². The van der Waals surface area contributed by atoms with Crippen LogP contribution in [0.5, 0.6) is 0 Å². The van der Waals surface area contributed by atoms with Crippen molar-refractivity contribution in [3.8, 4) is 0 Å². The third-order valence-corrected chi connectivity index (χ3v) is 15.0. The number of ether oxygens (including phenoxy) is 1. The molecule has 11 atom stereocenters. The highest BCUT2D eigenvalue weighted by Gasteiger charge is 2.64. The zero-order valence-corrected chi connectivity index (χ0v) is 26.1. The Kier molecular flexibility index (Phi) is 8.93. The van der Waals surface area contributed by atoms with Gasteiger partial charge in [-0.05, 0) is 123 Å². The van der Waals surface area contributed by atoms with Gasteiger partial charge >= 0.3 is 6.09 Å². The van der Waals surface area contributed by atoms with Gasteiger partial charge in [0.05, 0.1) is 24.1 Å². The summed E-state index contributed by atoms with van der Waals surface area (Å²) >= 11 is 0. The van der Waals surface area contributed by atoms with Gasteiger partial charge in [-0.15, -0.1) is 0 Å². The Hall–Kier alpha value is -0.860. The van der Waals surface area contributed by atoms with Crippen LogP contribution in [0.4, 0.5) is 4.79 Å². The van der Waals surface area contributed by atoms with E-state index >= 15 is 0 Å². The molecule has 1 amide bonds. The van der Waals surface area contributed by atoms with Gasteiger partial charge < -0.3 is 14.9 Å². The van der Waals surface area contributed by atoms with Crippen molar-refractivity contribution in [2.24, 2.45) is 52.3 Å². The predicted octanol–water partition coefficient (Wildman–Crippen LogP) is 6.03. The van der Waals surface area contributed by atoms with E-state index in [1.165, 1.54) is 25.7 Å². The van der Waals surface area contributed by atoms with Crippen LogP contribution in [-0.4, -0.2) is 48.8 Å². The SMILES string of the molecule is CC[C@H]1[C@@H](O)[C@@H]2[C@H](CC[C@]3(C)[C@@H]([C@H](C)CCCOC(=O)NS(=O)(=O)C4CCCC4)CC[C@@H]23)[C@@]2(C)CC[C@@H](O)C[C@@H]12. The second kappa shape index (κ2) is 11.7. The Morgan fingerprint density at radius 3 is 2.35 bits per heavy atom. The molecule has 5 aliphatic carbocycles. The van der Waals surface area contributed by atoms with Crippen LogP contribution in [0.3, 0.4) is 0 Å². The number of rotatable bonds is 8. The number of hydrogen-bond donors (Lipinski definition) is 3. The van der Waals surface area contributed by atoms with Crippen molar-refractivity contribution in [1.29, 1.82) is 0 Å². The minimum absolute atomic E-state index is 0.213. The molecular formula is C32H55NO6S. The van der Waals surface area contributed by atoms with Crippen molar-refractivity contribution in [3.63, 3.8) is 0 Å². The highest BCUT2D eigenvalue weighted by molar-refractivity contribution is 7.90. The number of carbonyl (C=O) groups is 1. The first-order chi connectivity index (χ1) is 18.9. The van der Waals surface area contributed by atoms with Crippen molar-refractivity contribution in [2.45, 2.75) is 135 Å². The topological polar surface area (TPSA) is 113 Å². The van der Waals surface area contributed by atoms with Gasteiger partial charge in [-0.25, -0.2) is 17.9 Å². The molecule has 0 unspecified atom stereocenters. The van der Waals surface area contributed by atoms with Crippen molar-refractivity contribution >= 4 is 16.1 Å². The molecule has 0 aliphatic heterocycles. The molecule has 5 rings (SSSR count). The zero-order valence-electron chi connectivity index (χ0n) is 25.3. The van der Waals surface area contributed by atoms with Crippen LogP contribution in [0.2, 0.25) is 0 Å². The molecule has 0 heterocycles. The smallest absolute Gasteiger partial charge is 0.420 e. The van der Waals surface area contributed by atoms with Crippen molar-refractivity contribution in [2.75, 3.05) is 6.61 Å². The molecule has 0 radical (unpaired) electrons. The second-order valence-corrected chi connectivity index (χ2v) is 16.9. The molecule has 5 fully saturated rings. The number of aliphatic hydroxyl groups is 2. The fourth-order valence-corrected chi connectivity index (χ4v) is 12.5. The minimum Gasteiger partial charge on any atom is -0.449 e. The number of amides is 1. The van der Waals surface area contributed by atoms with E-state index in [1.807, 2.05) is 0 Å². The van der Waals surface area contributed by atoms with Gasteiger partial charge in [0.15, 0.2) is 0 Å². The highest BCUT2D eigenvalue weighted by atomic mass is 32.2. The molecule has 230 valence electrons. The molecular weight excluding hydrogens is 526 g/mol. The number of nitrogens with one attached hydrogen (secondary N) is 1. The fraction of sp³-hybridized carbons (Fsp3) is 0.969. The lowest BCUT2D eigenvalue weighted by atomic mass is 9.41. The van der Waals surface area contributed by atoms with Crippen LogP contribution in [0.1, 0.15) is 118 Å². The summed E-state index contributed by atoms with van der Waals surface area (Å²) < 4.78 is 32.1. The summed E-state index contributed by atoms with van der Waals surface area (Å²) in [6, 6.07) is 0. The molecule has 0 aromatic carbocycles. The molecule has 0 saturated heterocycles. The maximum Gasteiger partial charge on any atom is 0.420 e. The van der Waals surface area contributed by atoms with Gasteiger partial charge in [-0.2, -0.15) is 0 Å². The lowest BCUT2D eigenvalue weighted by molar-refractivity contribution is -0.203. The molecule has 5 aliphatic rings. The summed E-state index contributed by atoms with van der Waals surface area (Å²) in [7, 11) is -3.64. The molecule has 0 spiro atoms. The largest absolute Gasteiger partial charge is 0.449 e. The van der Waals surface area contributed by atoms with E-state index in [1.54, 1.807) is 0 Å². The van der Waals surface area contributed by atoms with E-state index < -0.39 is 21.4 Å². The monoisotopic (exact) mass is 581 g/mol. The van der Waals surface area contributed by atoms with Crippen molar-refractivity contribution in [3.05, 3.63) is 0 Å². The molecule has 0 bridgehead atoms. The third kappa shape index (κ3) is 5.36. The van der Waals surface area contributed by atoms with Crippen LogP contribution in [0.25, 0.3) is 0 Å². The first-order valence-electron chi connectivity index (χ1n) is 16.5. The summed E-state index contributed by atoms with van der Waals surface area (Å²) in [6.45, 7) is 9.77. The Morgan fingerprint density at radius 1 is 0.975 bits per heavy atom. The predicted molar refractivity (Wildman–Crippen MR) is 156 cm³/mol. The summed E-state index contributed by atoms with van der Waals surface area (Å²) in [5, 5.41) is 21.9. The summed E-state index contributed by atoms with van der Waals surface area (Å²) in [5.74, 6) is 3.20. The second-order valence-electron chi connectivity index (χ2n) is 14.9. The van der Waals surface area contributed by atoms with Gasteiger partial charge in [-0.3, -0.25) is 0 Å². The van der Waals surface area contributed by atoms with Crippen molar-refractivity contribution in [1.82, 2.24) is 4.72 Å². The Morgan fingerprint density at radius 2 is 1.65 bits per heavy atom. The lowest BCUT2D eigenvalue weighted by Gasteiger charge is -2.64. The first kappa shape index (κ1) is 30.6. The van der Waals surface area contributed by atoms with Crippen molar-refractivity contribution < 1.29 is 28.2 Å². The van der Waals surface area contributed by atoms with Crippen LogP contribution >= 0.6 is 0 Å². The van der Waals surface area contributed by atoms with E-state index in [2.05, 4.69) is 32.4 Å². The molecule has 0 aromatic heterocycles. The zero-order chi connectivity index (χ0) is 28.9. The van der Waals surface area contributed by atoms with E-state index in [0.717, 1.165) is 51.4 Å². The average Bonchev–Trinajstić information content (AvgIpc) is 3.56. The Bertz CT molecular complexity index is 1010. The van der Waals surface area contributed by atoms with Crippen LogP contribution in [0, 0.1) is 52.3 Å². The van der Waals surface area contributed by atoms with E-state index in [0.29, 0.717) is 48.3 Å². The van der Waals surface area contributed by atoms with Gasteiger partial charge in [0.1, 0.15) is 0 Å². The number of aliphatic hydroxyl groups excluding tert-OH is 2. The molecule has 8 heteroatoms. The average molecular weight is 582 g/mol. The standard InChI is InChI=1S/C32H55NO6S/c1-5-23-27-19-21(34)14-16-32(27,4)26-15-17-31(3)24(12-13-25(31)28(26)29(23)35)20(2)9-8-18-39-30(36)33-40(37,38)22-10-6-7-11-22/h20-29,34-35H,5-19H2,1-4H3,(H,33,36)/t20-,21-,23-,24-,25+,26+,27+,28+,29-,31-,32-/m1/s1. The summed E-state index contributed by atoms with van der Waals surface area (Å²) in [5.41, 5.74) is 0.433. The Balaban J connectivity index is 1.18. The highest BCUT2D eigenvalue weighted by Crippen LogP contribution is 2.69. The Labute approximate surface area is 242 Å². The molecule has 5 saturated carbocycles. The summed E-state index contributed by atoms with van der Waals surface area (Å²) in [4.78, 5) is 12.2. The number of sulfonamides is 1. The molecule has 0 aromatic rings. The first-order valence-corrected chi connectivity index (χ1v) is 18.0. The molecule has 40 heavy (non-hydrogen) atoms. The minimum atomic E-state index is -3.64. The number of fused-ring (bicyclic) bond motifs is 5. The molecule has 3 N–H and O–H groups in total.